The number of carbonyl (C=O) groups is 2. The van der Waals surface area contributed by atoms with Crippen molar-refractivity contribution in [1.82, 2.24) is 9.55 Å². The van der Waals surface area contributed by atoms with Crippen LogP contribution in [-0.2, 0) is 17.2 Å². The Bertz CT molecular complexity index is 1370. The zero-order valence-electron chi connectivity index (χ0n) is 18.9. The van der Waals surface area contributed by atoms with E-state index in [9.17, 15) is 18.4 Å². The van der Waals surface area contributed by atoms with E-state index in [4.69, 9.17) is 4.74 Å². The summed E-state index contributed by atoms with van der Waals surface area (Å²) in [5, 5.41) is 3.20. The summed E-state index contributed by atoms with van der Waals surface area (Å²) in [5.74, 6) is -3.14. The molecule has 0 saturated carbocycles. The van der Waals surface area contributed by atoms with Gasteiger partial charge in [0.05, 0.1) is 30.3 Å². The number of methoxy groups -OCH3 is 1. The van der Waals surface area contributed by atoms with Gasteiger partial charge in [-0.2, -0.15) is 0 Å². The fourth-order valence-electron chi connectivity index (χ4n) is 3.80. The number of nitrogens with zero attached hydrogens (tertiary/aromatic N) is 2. The van der Waals surface area contributed by atoms with Crippen molar-refractivity contribution in [3.63, 3.8) is 0 Å². The first-order valence-corrected chi connectivity index (χ1v) is 10.6. The Hall–Kier alpha value is -4.07. The van der Waals surface area contributed by atoms with Crippen molar-refractivity contribution in [3.05, 3.63) is 89.0 Å². The number of alkyl halides is 2. The van der Waals surface area contributed by atoms with Crippen LogP contribution in [0.25, 0.3) is 11.0 Å². The van der Waals surface area contributed by atoms with Crippen molar-refractivity contribution < 1.29 is 23.1 Å². The van der Waals surface area contributed by atoms with E-state index in [0.29, 0.717) is 39.4 Å². The SMILES string of the molecule is COC(=O)c1ccc(Nc2nc3cc(C(C)=O)ccc3n2Cc2ccccc2C(C)(F)F)cc1. The summed E-state index contributed by atoms with van der Waals surface area (Å²) in [6, 6.07) is 18.1. The quantitative estimate of drug-likeness (QED) is 0.272. The number of ether oxygens (including phenoxy) is 1. The molecule has 0 unspecified atom stereocenters. The lowest BCUT2D eigenvalue weighted by Gasteiger charge is -2.18. The molecule has 0 aliphatic heterocycles. The Labute approximate surface area is 195 Å². The van der Waals surface area contributed by atoms with Gasteiger partial charge in [-0.1, -0.05) is 24.3 Å². The Morgan fingerprint density at radius 1 is 1.03 bits per heavy atom. The van der Waals surface area contributed by atoms with Crippen molar-refractivity contribution in [2.75, 3.05) is 12.4 Å². The molecule has 8 heteroatoms. The fraction of sp³-hybridized carbons (Fsp3) is 0.192. The Kier molecular flexibility index (Phi) is 6.15. The number of carbonyl (C=O) groups excluding carboxylic acids is 2. The maximum absolute atomic E-state index is 14.3. The summed E-state index contributed by atoms with van der Waals surface area (Å²) in [4.78, 5) is 28.2. The van der Waals surface area contributed by atoms with E-state index >= 15 is 0 Å². The molecule has 0 amide bonds. The largest absolute Gasteiger partial charge is 0.465 e. The van der Waals surface area contributed by atoms with E-state index in [1.165, 1.54) is 20.1 Å². The second kappa shape index (κ2) is 9.05. The van der Waals surface area contributed by atoms with Crippen molar-refractivity contribution in [2.24, 2.45) is 0 Å². The highest BCUT2D eigenvalue weighted by Gasteiger charge is 2.27. The highest BCUT2D eigenvalue weighted by molar-refractivity contribution is 5.97. The van der Waals surface area contributed by atoms with Gasteiger partial charge >= 0.3 is 5.97 Å². The zero-order valence-corrected chi connectivity index (χ0v) is 18.9. The molecule has 0 saturated heterocycles. The second-order valence-electron chi connectivity index (χ2n) is 8.02. The Morgan fingerprint density at radius 2 is 1.71 bits per heavy atom. The van der Waals surface area contributed by atoms with Gasteiger partial charge in [0.15, 0.2) is 5.78 Å². The predicted molar refractivity (Wildman–Crippen MR) is 126 cm³/mol. The van der Waals surface area contributed by atoms with Gasteiger partial charge in [-0.15, -0.1) is 0 Å². The number of benzene rings is 3. The van der Waals surface area contributed by atoms with Crippen LogP contribution in [-0.4, -0.2) is 28.4 Å². The van der Waals surface area contributed by atoms with E-state index in [1.54, 1.807) is 65.2 Å². The molecule has 174 valence electrons. The molecule has 1 N–H and O–H groups in total. The number of anilines is 2. The van der Waals surface area contributed by atoms with Crippen LogP contribution in [0.4, 0.5) is 20.4 Å². The number of Topliss-reactive ketones (excluding diaryl/α,β-unsaturated/α-hetero) is 1. The van der Waals surface area contributed by atoms with E-state index in [0.717, 1.165) is 6.92 Å². The van der Waals surface area contributed by atoms with Gasteiger partial charge in [-0.05, 0) is 55.0 Å². The minimum atomic E-state index is -3.01. The minimum absolute atomic E-state index is 0.0643. The Balaban J connectivity index is 1.79. The van der Waals surface area contributed by atoms with Crippen LogP contribution in [0.1, 0.15) is 45.7 Å². The maximum Gasteiger partial charge on any atom is 0.337 e. The third kappa shape index (κ3) is 4.66. The fourth-order valence-corrected chi connectivity index (χ4v) is 3.80. The number of halogens is 2. The van der Waals surface area contributed by atoms with Crippen LogP contribution in [0.2, 0.25) is 0 Å². The standard InChI is InChI=1S/C26H23F2N3O3/c1-16(32)18-10-13-23-22(14-18)30-25(29-20-11-8-17(9-12-20)24(33)34-3)31(23)15-19-6-4-5-7-21(19)26(2,27)28/h4-14H,15H2,1-3H3,(H,29,30). The van der Waals surface area contributed by atoms with E-state index in [2.05, 4.69) is 10.3 Å². The summed E-state index contributed by atoms with van der Waals surface area (Å²) in [6.07, 6.45) is 0. The van der Waals surface area contributed by atoms with Gasteiger partial charge in [-0.25, -0.2) is 18.6 Å². The zero-order chi connectivity index (χ0) is 24.5. The lowest BCUT2D eigenvalue weighted by atomic mass is 10.0. The van der Waals surface area contributed by atoms with Crippen molar-refractivity contribution >= 4 is 34.4 Å². The molecule has 34 heavy (non-hydrogen) atoms. The first kappa shape index (κ1) is 23.1. The smallest absolute Gasteiger partial charge is 0.337 e. The Morgan fingerprint density at radius 3 is 2.35 bits per heavy atom. The lowest BCUT2D eigenvalue weighted by Crippen LogP contribution is -2.14. The highest BCUT2D eigenvalue weighted by atomic mass is 19.3. The van der Waals surface area contributed by atoms with Gasteiger partial charge in [0.1, 0.15) is 0 Å². The molecule has 0 spiro atoms. The number of fused-ring (bicyclic) bond motifs is 1. The second-order valence-corrected chi connectivity index (χ2v) is 8.02. The number of hydrogen-bond donors (Lipinski definition) is 1. The molecule has 6 nitrogen and oxygen atoms in total. The average molecular weight is 463 g/mol. The summed E-state index contributed by atoms with van der Waals surface area (Å²) in [6.45, 7) is 2.48. The van der Waals surface area contributed by atoms with Crippen LogP contribution >= 0.6 is 0 Å². The molecular weight excluding hydrogens is 440 g/mol. The van der Waals surface area contributed by atoms with Crippen LogP contribution in [0, 0.1) is 0 Å². The van der Waals surface area contributed by atoms with E-state index in [-0.39, 0.29) is 17.9 Å². The topological polar surface area (TPSA) is 73.2 Å². The molecule has 0 fully saturated rings. The van der Waals surface area contributed by atoms with Gasteiger partial charge in [0.2, 0.25) is 5.95 Å². The summed E-state index contributed by atoms with van der Waals surface area (Å²) >= 11 is 0. The molecular formula is C26H23F2N3O3. The summed E-state index contributed by atoms with van der Waals surface area (Å²) in [5.41, 5.74) is 3.18. The summed E-state index contributed by atoms with van der Waals surface area (Å²) in [7, 11) is 1.31. The molecule has 4 rings (SSSR count). The van der Waals surface area contributed by atoms with Crippen LogP contribution < -0.4 is 5.32 Å². The maximum atomic E-state index is 14.3. The normalized spacial score (nSPS) is 11.4. The monoisotopic (exact) mass is 463 g/mol. The predicted octanol–water partition coefficient (Wildman–Crippen LogP) is 5.93. The molecule has 0 bridgehead atoms. The van der Waals surface area contributed by atoms with Crippen molar-refractivity contribution in [2.45, 2.75) is 26.3 Å². The molecule has 4 aromatic rings. The molecule has 1 heterocycles. The molecule has 1 aromatic heterocycles. The van der Waals surface area contributed by atoms with Crippen LogP contribution in [0.5, 0.6) is 0 Å². The number of rotatable bonds is 7. The summed E-state index contributed by atoms with van der Waals surface area (Å²) < 4.78 is 35.0. The van der Waals surface area contributed by atoms with Gasteiger partial charge in [0, 0.05) is 23.7 Å². The van der Waals surface area contributed by atoms with Crippen molar-refractivity contribution in [1.29, 1.82) is 0 Å². The number of aromatic nitrogens is 2. The van der Waals surface area contributed by atoms with E-state index in [1.807, 2.05) is 0 Å². The molecule has 0 radical (unpaired) electrons. The minimum Gasteiger partial charge on any atom is -0.465 e. The van der Waals surface area contributed by atoms with E-state index < -0.39 is 11.9 Å². The van der Waals surface area contributed by atoms with Gasteiger partial charge in [0.25, 0.3) is 5.92 Å². The van der Waals surface area contributed by atoms with Crippen LogP contribution in [0.3, 0.4) is 0 Å². The number of nitrogens with one attached hydrogen (secondary N) is 1. The van der Waals surface area contributed by atoms with Gasteiger partial charge < -0.3 is 14.6 Å². The number of imidazole rings is 1. The number of hydrogen-bond acceptors (Lipinski definition) is 5. The number of ketones is 1. The molecule has 0 aliphatic carbocycles. The molecule has 0 atom stereocenters. The molecule has 0 aliphatic rings. The number of esters is 1. The first-order valence-electron chi connectivity index (χ1n) is 10.6. The third-order valence-corrected chi connectivity index (χ3v) is 5.54. The highest BCUT2D eigenvalue weighted by Crippen LogP contribution is 2.32. The van der Waals surface area contributed by atoms with Gasteiger partial charge in [-0.3, -0.25) is 4.79 Å². The van der Waals surface area contributed by atoms with Crippen molar-refractivity contribution in [3.8, 4) is 0 Å². The lowest BCUT2D eigenvalue weighted by molar-refractivity contribution is 0.0164. The molecule has 3 aromatic carbocycles. The first-order chi connectivity index (χ1) is 16.2. The third-order valence-electron chi connectivity index (χ3n) is 5.54. The average Bonchev–Trinajstić information content (AvgIpc) is 3.14. The van der Waals surface area contributed by atoms with Crippen LogP contribution in [0.15, 0.2) is 66.7 Å².